The van der Waals surface area contributed by atoms with Crippen LogP contribution in [0.1, 0.15) is 13.8 Å². The Morgan fingerprint density at radius 1 is 0.935 bits per heavy atom. The van der Waals surface area contributed by atoms with Gasteiger partial charge in [0.05, 0.1) is 29.5 Å². The molecule has 6 heteroatoms. The molecule has 1 amide bonds. The highest BCUT2D eigenvalue weighted by Crippen LogP contribution is 2.23. The molecule has 0 radical (unpaired) electrons. The molecule has 0 unspecified atom stereocenters. The third-order valence-corrected chi connectivity index (χ3v) is 4.71. The van der Waals surface area contributed by atoms with Gasteiger partial charge in [0.1, 0.15) is 11.5 Å². The van der Waals surface area contributed by atoms with Gasteiger partial charge in [-0.1, -0.05) is 12.1 Å². The molecular weight excluding hydrogens is 390 g/mol. The summed E-state index contributed by atoms with van der Waals surface area (Å²) in [6, 6.07) is 22.5. The lowest BCUT2D eigenvalue weighted by molar-refractivity contribution is -0.122. The van der Waals surface area contributed by atoms with Crippen molar-refractivity contribution in [2.24, 2.45) is 0 Å². The van der Waals surface area contributed by atoms with Gasteiger partial charge in [-0.25, -0.2) is 4.98 Å². The second-order valence-corrected chi connectivity index (χ2v) is 6.98. The smallest absolute Gasteiger partial charge is 0.265 e. The zero-order valence-corrected chi connectivity index (χ0v) is 17.4. The van der Waals surface area contributed by atoms with Crippen LogP contribution in [0.3, 0.4) is 0 Å². The van der Waals surface area contributed by atoms with Crippen molar-refractivity contribution in [3.8, 4) is 22.8 Å². The van der Waals surface area contributed by atoms with E-state index in [1.165, 1.54) is 0 Å². The number of hydrogen-bond acceptors (Lipinski definition) is 5. The molecule has 0 saturated carbocycles. The van der Waals surface area contributed by atoms with Crippen LogP contribution in [0.25, 0.3) is 22.3 Å². The highest BCUT2D eigenvalue weighted by atomic mass is 16.5. The lowest BCUT2D eigenvalue weighted by Crippen LogP contribution is -2.30. The lowest BCUT2D eigenvalue weighted by atomic mass is 10.1. The predicted molar refractivity (Wildman–Crippen MR) is 121 cm³/mol. The van der Waals surface area contributed by atoms with Gasteiger partial charge in [-0.2, -0.15) is 0 Å². The van der Waals surface area contributed by atoms with Crippen molar-refractivity contribution in [1.29, 1.82) is 0 Å². The first-order valence-corrected chi connectivity index (χ1v) is 10.1. The Balaban J connectivity index is 1.38. The lowest BCUT2D eigenvalue weighted by Gasteiger charge is -2.15. The van der Waals surface area contributed by atoms with Gasteiger partial charge in [-0.05, 0) is 74.5 Å². The van der Waals surface area contributed by atoms with Crippen LogP contribution >= 0.6 is 0 Å². The van der Waals surface area contributed by atoms with E-state index < -0.39 is 6.10 Å². The summed E-state index contributed by atoms with van der Waals surface area (Å²) in [6.45, 7) is 4.24. The summed E-state index contributed by atoms with van der Waals surface area (Å²) in [4.78, 5) is 21.6. The fourth-order valence-electron chi connectivity index (χ4n) is 3.10. The number of nitrogens with one attached hydrogen (secondary N) is 1. The summed E-state index contributed by atoms with van der Waals surface area (Å²) in [6.07, 6.45) is 1.10. The number of fused-ring (bicyclic) bond motifs is 1. The van der Waals surface area contributed by atoms with Crippen molar-refractivity contribution in [2.75, 3.05) is 11.9 Å². The summed E-state index contributed by atoms with van der Waals surface area (Å²) in [5.74, 6) is 1.14. The predicted octanol–water partition coefficient (Wildman–Crippen LogP) is 5.10. The van der Waals surface area contributed by atoms with Gasteiger partial charge in [0.25, 0.3) is 5.91 Å². The molecule has 0 spiro atoms. The molecule has 0 fully saturated rings. The zero-order valence-electron chi connectivity index (χ0n) is 17.4. The number of carbonyl (C=O) groups is 1. The molecule has 0 aliphatic heterocycles. The molecule has 0 aliphatic rings. The number of carbonyl (C=O) groups excluding carboxylic acids is 1. The van der Waals surface area contributed by atoms with Crippen LogP contribution in [0, 0.1) is 0 Å². The number of nitrogens with zero attached hydrogens (tertiary/aromatic N) is 2. The van der Waals surface area contributed by atoms with E-state index in [4.69, 9.17) is 9.47 Å². The number of para-hydroxylation sites is 2. The van der Waals surface area contributed by atoms with Crippen molar-refractivity contribution in [3.63, 3.8) is 0 Å². The van der Waals surface area contributed by atoms with Crippen LogP contribution in [0.4, 0.5) is 5.69 Å². The molecule has 0 aliphatic carbocycles. The minimum atomic E-state index is -0.655. The first-order valence-electron chi connectivity index (χ1n) is 10.1. The number of ether oxygens (including phenoxy) is 2. The van der Waals surface area contributed by atoms with Gasteiger partial charge < -0.3 is 14.8 Å². The minimum Gasteiger partial charge on any atom is -0.494 e. The molecule has 1 heterocycles. The van der Waals surface area contributed by atoms with E-state index in [0.717, 1.165) is 28.0 Å². The van der Waals surface area contributed by atoms with E-state index in [2.05, 4.69) is 15.3 Å². The first-order chi connectivity index (χ1) is 15.1. The first kappa shape index (κ1) is 20.3. The standard InChI is InChI=1S/C25H23N3O3/c1-3-30-20-14-10-19(11-15-20)27-25(29)17(2)31-21-12-8-18(9-13-21)24-16-26-22-6-4-5-7-23(22)28-24/h4-17H,3H2,1-2H3,(H,27,29)/t17-/m0/s1. The number of benzene rings is 3. The van der Waals surface area contributed by atoms with Crippen LogP contribution < -0.4 is 14.8 Å². The third kappa shape index (κ3) is 4.98. The van der Waals surface area contributed by atoms with Crippen molar-refractivity contribution in [1.82, 2.24) is 9.97 Å². The molecule has 1 atom stereocenters. The Kier molecular flexibility index (Phi) is 6.08. The van der Waals surface area contributed by atoms with E-state index in [0.29, 0.717) is 18.0 Å². The average Bonchev–Trinajstić information content (AvgIpc) is 2.80. The number of rotatable bonds is 7. The highest BCUT2D eigenvalue weighted by molar-refractivity contribution is 5.94. The fourth-order valence-corrected chi connectivity index (χ4v) is 3.10. The Morgan fingerprint density at radius 2 is 1.61 bits per heavy atom. The maximum atomic E-state index is 12.5. The van der Waals surface area contributed by atoms with Crippen molar-refractivity contribution in [2.45, 2.75) is 20.0 Å². The van der Waals surface area contributed by atoms with Gasteiger partial charge in [0.15, 0.2) is 6.10 Å². The maximum absolute atomic E-state index is 12.5. The summed E-state index contributed by atoms with van der Waals surface area (Å²) < 4.78 is 11.2. The molecule has 3 aromatic carbocycles. The highest BCUT2D eigenvalue weighted by Gasteiger charge is 2.15. The van der Waals surface area contributed by atoms with Crippen molar-refractivity contribution < 1.29 is 14.3 Å². The average molecular weight is 413 g/mol. The van der Waals surface area contributed by atoms with E-state index in [-0.39, 0.29) is 5.91 Å². The van der Waals surface area contributed by atoms with Gasteiger partial charge in [-0.3, -0.25) is 9.78 Å². The molecule has 1 N–H and O–H groups in total. The minimum absolute atomic E-state index is 0.228. The molecule has 31 heavy (non-hydrogen) atoms. The second kappa shape index (κ2) is 9.26. The van der Waals surface area contributed by atoms with Crippen LogP contribution in [-0.2, 0) is 4.79 Å². The van der Waals surface area contributed by atoms with Crippen LogP contribution in [0.2, 0.25) is 0 Å². The SMILES string of the molecule is CCOc1ccc(NC(=O)[C@H](C)Oc2ccc(-c3cnc4ccccc4n3)cc2)cc1. The zero-order chi connectivity index (χ0) is 21.6. The summed E-state index contributed by atoms with van der Waals surface area (Å²) in [7, 11) is 0. The van der Waals surface area contributed by atoms with Gasteiger partial charge >= 0.3 is 0 Å². The van der Waals surface area contributed by atoms with E-state index in [1.807, 2.05) is 67.6 Å². The fraction of sp³-hybridized carbons (Fsp3) is 0.160. The number of anilines is 1. The van der Waals surface area contributed by atoms with E-state index >= 15 is 0 Å². The van der Waals surface area contributed by atoms with E-state index in [9.17, 15) is 4.79 Å². The van der Waals surface area contributed by atoms with Crippen LogP contribution in [0.15, 0.2) is 79.0 Å². The Bertz CT molecular complexity index is 1170. The molecular formula is C25H23N3O3. The van der Waals surface area contributed by atoms with Crippen molar-refractivity contribution in [3.05, 3.63) is 79.0 Å². The van der Waals surface area contributed by atoms with E-state index in [1.54, 1.807) is 25.3 Å². The molecule has 0 bridgehead atoms. The second-order valence-electron chi connectivity index (χ2n) is 6.98. The maximum Gasteiger partial charge on any atom is 0.265 e. The van der Waals surface area contributed by atoms with Crippen LogP contribution in [-0.4, -0.2) is 28.6 Å². The van der Waals surface area contributed by atoms with Gasteiger partial charge in [0.2, 0.25) is 0 Å². The molecule has 0 saturated heterocycles. The summed E-state index contributed by atoms with van der Waals surface area (Å²) in [5, 5.41) is 2.85. The monoisotopic (exact) mass is 413 g/mol. The molecule has 4 rings (SSSR count). The van der Waals surface area contributed by atoms with Gasteiger partial charge in [0, 0.05) is 11.3 Å². The Morgan fingerprint density at radius 3 is 2.32 bits per heavy atom. The molecule has 4 aromatic rings. The Labute approximate surface area is 180 Å². The summed E-state index contributed by atoms with van der Waals surface area (Å²) in [5.41, 5.74) is 4.11. The number of aromatic nitrogens is 2. The quantitative estimate of drug-likeness (QED) is 0.456. The number of amides is 1. The molecule has 6 nitrogen and oxygen atoms in total. The third-order valence-electron chi connectivity index (χ3n) is 4.71. The normalized spacial score (nSPS) is 11.7. The van der Waals surface area contributed by atoms with Gasteiger partial charge in [-0.15, -0.1) is 0 Å². The summed E-state index contributed by atoms with van der Waals surface area (Å²) >= 11 is 0. The number of hydrogen-bond donors (Lipinski definition) is 1. The largest absolute Gasteiger partial charge is 0.494 e. The van der Waals surface area contributed by atoms with Crippen molar-refractivity contribution >= 4 is 22.6 Å². The topological polar surface area (TPSA) is 73.3 Å². The molecule has 1 aromatic heterocycles. The van der Waals surface area contributed by atoms with Crippen LogP contribution in [0.5, 0.6) is 11.5 Å². The molecule has 156 valence electrons. The Hall–Kier alpha value is -3.93.